The minimum atomic E-state index is -0.244. The van der Waals surface area contributed by atoms with Crippen LogP contribution in [-0.4, -0.2) is 30.6 Å². The molecule has 0 spiro atoms. The van der Waals surface area contributed by atoms with Crippen molar-refractivity contribution in [1.29, 1.82) is 0 Å². The lowest BCUT2D eigenvalue weighted by atomic mass is 10.0. The molecule has 0 bridgehead atoms. The van der Waals surface area contributed by atoms with E-state index in [1.807, 2.05) is 57.0 Å². The van der Waals surface area contributed by atoms with Crippen molar-refractivity contribution in [3.63, 3.8) is 0 Å². The van der Waals surface area contributed by atoms with Gasteiger partial charge in [0.25, 0.3) is 0 Å². The predicted molar refractivity (Wildman–Crippen MR) is 78.3 cm³/mol. The molecular formula is C15H22ClNO2. The van der Waals surface area contributed by atoms with Gasteiger partial charge >= 0.3 is 5.97 Å². The average molecular weight is 284 g/mol. The van der Waals surface area contributed by atoms with Crippen LogP contribution < -0.4 is 0 Å². The Kier molecular flexibility index (Phi) is 6.32. The van der Waals surface area contributed by atoms with E-state index in [1.165, 1.54) is 0 Å². The Morgan fingerprint density at radius 2 is 2.00 bits per heavy atom. The highest BCUT2D eigenvalue weighted by Crippen LogP contribution is 2.28. The fourth-order valence-electron chi connectivity index (χ4n) is 2.16. The number of rotatable bonds is 6. The van der Waals surface area contributed by atoms with Crippen molar-refractivity contribution >= 4 is 17.6 Å². The summed E-state index contributed by atoms with van der Waals surface area (Å²) in [5.41, 5.74) is 1.02. The monoisotopic (exact) mass is 283 g/mol. The SMILES string of the molecule is CCOC(=O)C(CC)N(C)C(C)c1ccccc1Cl. The van der Waals surface area contributed by atoms with Gasteiger partial charge in [0.15, 0.2) is 0 Å². The molecule has 0 aliphatic carbocycles. The van der Waals surface area contributed by atoms with Crippen LogP contribution in [0.4, 0.5) is 0 Å². The predicted octanol–water partition coefficient (Wildman–Crippen LogP) is 3.67. The summed E-state index contributed by atoms with van der Waals surface area (Å²) in [5.74, 6) is -0.175. The lowest BCUT2D eigenvalue weighted by molar-refractivity contribution is -0.150. The summed E-state index contributed by atoms with van der Waals surface area (Å²) in [6.45, 7) is 6.26. The van der Waals surface area contributed by atoms with Gasteiger partial charge in [0.1, 0.15) is 6.04 Å². The van der Waals surface area contributed by atoms with Crippen LogP contribution >= 0.6 is 11.6 Å². The third kappa shape index (κ3) is 3.95. The number of nitrogens with zero attached hydrogens (tertiary/aromatic N) is 1. The summed E-state index contributed by atoms with van der Waals surface area (Å²) in [5, 5.41) is 0.723. The molecule has 0 fully saturated rings. The number of ether oxygens (including phenoxy) is 1. The van der Waals surface area contributed by atoms with Crippen molar-refractivity contribution in [2.75, 3.05) is 13.7 Å². The van der Waals surface area contributed by atoms with Gasteiger partial charge in [-0.3, -0.25) is 9.69 Å². The molecule has 19 heavy (non-hydrogen) atoms. The fraction of sp³-hybridized carbons (Fsp3) is 0.533. The molecule has 106 valence electrons. The van der Waals surface area contributed by atoms with Gasteiger partial charge in [-0.05, 0) is 38.9 Å². The molecule has 0 aromatic heterocycles. The van der Waals surface area contributed by atoms with Crippen LogP contribution in [0.2, 0.25) is 5.02 Å². The Labute approximate surface area is 120 Å². The Morgan fingerprint density at radius 3 is 2.53 bits per heavy atom. The largest absolute Gasteiger partial charge is 0.465 e. The lowest BCUT2D eigenvalue weighted by Gasteiger charge is -2.31. The first-order valence-electron chi connectivity index (χ1n) is 6.65. The van der Waals surface area contributed by atoms with Crippen molar-refractivity contribution in [3.8, 4) is 0 Å². The molecule has 2 unspecified atom stereocenters. The quantitative estimate of drug-likeness (QED) is 0.746. The van der Waals surface area contributed by atoms with E-state index in [9.17, 15) is 4.79 Å². The van der Waals surface area contributed by atoms with Crippen molar-refractivity contribution in [3.05, 3.63) is 34.9 Å². The smallest absolute Gasteiger partial charge is 0.323 e. The first-order chi connectivity index (χ1) is 9.02. The summed E-state index contributed by atoms with van der Waals surface area (Å²) < 4.78 is 5.12. The zero-order valence-corrected chi connectivity index (χ0v) is 12.8. The first-order valence-corrected chi connectivity index (χ1v) is 7.03. The molecular weight excluding hydrogens is 262 g/mol. The molecule has 4 heteroatoms. The molecule has 1 rings (SSSR count). The third-order valence-corrected chi connectivity index (χ3v) is 3.75. The van der Waals surface area contributed by atoms with Crippen LogP contribution in [0.5, 0.6) is 0 Å². The normalized spacial score (nSPS) is 14.2. The van der Waals surface area contributed by atoms with Gasteiger partial charge in [-0.1, -0.05) is 36.7 Å². The zero-order valence-electron chi connectivity index (χ0n) is 12.0. The molecule has 1 aromatic rings. The van der Waals surface area contributed by atoms with E-state index < -0.39 is 0 Å². The molecule has 0 heterocycles. The van der Waals surface area contributed by atoms with Gasteiger partial charge in [-0.15, -0.1) is 0 Å². The van der Waals surface area contributed by atoms with Crippen LogP contribution in [0.3, 0.4) is 0 Å². The molecule has 0 aliphatic heterocycles. The standard InChI is InChI=1S/C15H22ClNO2/c1-5-14(15(18)19-6-2)17(4)11(3)12-9-7-8-10-13(12)16/h7-11,14H,5-6H2,1-4H3. The van der Waals surface area contributed by atoms with E-state index in [4.69, 9.17) is 16.3 Å². The highest BCUT2D eigenvalue weighted by Gasteiger charge is 2.27. The summed E-state index contributed by atoms with van der Waals surface area (Å²) in [6, 6.07) is 7.53. The van der Waals surface area contributed by atoms with Crippen LogP contribution in [0, 0.1) is 0 Å². The van der Waals surface area contributed by atoms with Crippen LogP contribution in [0.15, 0.2) is 24.3 Å². The number of esters is 1. The maximum atomic E-state index is 11.9. The number of benzene rings is 1. The summed E-state index contributed by atoms with van der Waals surface area (Å²) in [6.07, 6.45) is 0.712. The van der Waals surface area contributed by atoms with Gasteiger partial charge in [-0.25, -0.2) is 0 Å². The van der Waals surface area contributed by atoms with E-state index in [2.05, 4.69) is 0 Å². The molecule has 0 N–H and O–H groups in total. The van der Waals surface area contributed by atoms with Crippen molar-refractivity contribution in [2.45, 2.75) is 39.3 Å². The minimum absolute atomic E-state index is 0.0584. The van der Waals surface area contributed by atoms with E-state index in [-0.39, 0.29) is 18.1 Å². The number of hydrogen-bond acceptors (Lipinski definition) is 3. The molecule has 3 nitrogen and oxygen atoms in total. The maximum Gasteiger partial charge on any atom is 0.323 e. The van der Waals surface area contributed by atoms with Crippen molar-refractivity contribution < 1.29 is 9.53 Å². The Bertz CT molecular complexity index is 422. The van der Waals surface area contributed by atoms with Crippen molar-refractivity contribution in [1.82, 2.24) is 4.90 Å². The second kappa shape index (κ2) is 7.51. The Hall–Kier alpha value is -1.06. The highest BCUT2D eigenvalue weighted by atomic mass is 35.5. The highest BCUT2D eigenvalue weighted by molar-refractivity contribution is 6.31. The van der Waals surface area contributed by atoms with E-state index in [0.29, 0.717) is 13.0 Å². The number of halogens is 1. The zero-order chi connectivity index (χ0) is 14.4. The van der Waals surface area contributed by atoms with Gasteiger partial charge in [0.2, 0.25) is 0 Å². The fourth-order valence-corrected chi connectivity index (χ4v) is 2.46. The Balaban J connectivity index is 2.88. The second-order valence-corrected chi connectivity index (χ2v) is 4.95. The Morgan fingerprint density at radius 1 is 1.37 bits per heavy atom. The maximum absolute atomic E-state index is 11.9. The molecule has 0 saturated heterocycles. The number of carbonyl (C=O) groups is 1. The van der Waals surface area contributed by atoms with Gasteiger partial charge in [0, 0.05) is 11.1 Å². The number of hydrogen-bond donors (Lipinski definition) is 0. The minimum Gasteiger partial charge on any atom is -0.465 e. The topological polar surface area (TPSA) is 29.5 Å². The van der Waals surface area contributed by atoms with Crippen molar-refractivity contribution in [2.24, 2.45) is 0 Å². The second-order valence-electron chi connectivity index (χ2n) is 4.54. The van der Waals surface area contributed by atoms with Crippen LogP contribution in [0.1, 0.15) is 38.8 Å². The first kappa shape index (κ1) is 16.0. The molecule has 0 aliphatic rings. The van der Waals surface area contributed by atoms with Gasteiger partial charge in [-0.2, -0.15) is 0 Å². The molecule has 0 radical (unpaired) electrons. The summed E-state index contributed by atoms with van der Waals surface area (Å²) >= 11 is 6.21. The molecule has 0 amide bonds. The van der Waals surface area contributed by atoms with E-state index in [1.54, 1.807) is 0 Å². The third-order valence-electron chi connectivity index (χ3n) is 3.40. The molecule has 1 aromatic carbocycles. The molecule has 2 atom stereocenters. The average Bonchev–Trinajstić information content (AvgIpc) is 2.39. The number of carbonyl (C=O) groups excluding carboxylic acids is 1. The van der Waals surface area contributed by atoms with E-state index in [0.717, 1.165) is 10.6 Å². The number of likely N-dealkylation sites (N-methyl/N-ethyl adjacent to an activating group) is 1. The summed E-state index contributed by atoms with van der Waals surface area (Å²) in [4.78, 5) is 14.0. The van der Waals surface area contributed by atoms with Crippen LogP contribution in [-0.2, 0) is 9.53 Å². The van der Waals surface area contributed by atoms with Gasteiger partial charge < -0.3 is 4.74 Å². The van der Waals surface area contributed by atoms with Crippen LogP contribution in [0.25, 0.3) is 0 Å². The van der Waals surface area contributed by atoms with E-state index >= 15 is 0 Å². The lowest BCUT2D eigenvalue weighted by Crippen LogP contribution is -2.40. The van der Waals surface area contributed by atoms with Gasteiger partial charge in [0.05, 0.1) is 6.61 Å². The summed E-state index contributed by atoms with van der Waals surface area (Å²) in [7, 11) is 1.93. The molecule has 0 saturated carbocycles.